The number of carbonyl (C=O) groups is 2. The summed E-state index contributed by atoms with van der Waals surface area (Å²) in [6.45, 7) is 3.55. The van der Waals surface area contributed by atoms with Gasteiger partial charge in [-0.25, -0.2) is 9.59 Å². The number of aryl methyl sites for hydroxylation is 1. The van der Waals surface area contributed by atoms with Crippen molar-refractivity contribution >= 4 is 22.8 Å². The molecule has 140 valence electrons. The molecule has 0 aliphatic rings. The molecule has 0 aliphatic heterocycles. The molecule has 0 spiro atoms. The van der Waals surface area contributed by atoms with Gasteiger partial charge in [0.25, 0.3) is 5.91 Å². The lowest BCUT2D eigenvalue weighted by Crippen LogP contribution is -2.42. The van der Waals surface area contributed by atoms with E-state index < -0.39 is 23.5 Å². The Morgan fingerprint density at radius 3 is 2.65 bits per heavy atom. The highest BCUT2D eigenvalue weighted by Gasteiger charge is 2.19. The first-order valence-corrected chi connectivity index (χ1v) is 8.66. The third kappa shape index (κ3) is 5.08. The Morgan fingerprint density at radius 2 is 2.00 bits per heavy atom. The zero-order chi connectivity index (χ0) is 19.1. The Hall–Kier alpha value is -2.83. The molecule has 1 aromatic heterocycles. The smallest absolute Gasteiger partial charge is 0.336 e. The molecule has 1 aromatic carbocycles. The molecule has 0 fully saturated rings. The predicted molar refractivity (Wildman–Crippen MR) is 96.4 cm³/mol. The molecule has 0 radical (unpaired) electrons. The molecule has 1 unspecified atom stereocenters. The van der Waals surface area contributed by atoms with E-state index in [1.165, 1.54) is 6.07 Å². The van der Waals surface area contributed by atoms with E-state index in [4.69, 9.17) is 14.3 Å². The summed E-state index contributed by atoms with van der Waals surface area (Å²) in [5.74, 6) is -1.23. The van der Waals surface area contributed by atoms with Crippen LogP contribution in [-0.4, -0.2) is 29.6 Å². The summed E-state index contributed by atoms with van der Waals surface area (Å²) < 4.78 is 10.6. The number of carbonyl (C=O) groups excluding carboxylic acids is 1. The average molecular weight is 361 g/mol. The summed E-state index contributed by atoms with van der Waals surface area (Å²) in [4.78, 5) is 34.6. The van der Waals surface area contributed by atoms with Crippen LogP contribution in [0.1, 0.15) is 38.7 Å². The van der Waals surface area contributed by atoms with Crippen molar-refractivity contribution in [1.82, 2.24) is 5.32 Å². The minimum atomic E-state index is -1.07. The van der Waals surface area contributed by atoms with Crippen molar-refractivity contribution in [3.05, 3.63) is 40.2 Å². The second-order valence-electron chi connectivity index (χ2n) is 6.03. The monoisotopic (exact) mass is 361 g/mol. The van der Waals surface area contributed by atoms with Crippen LogP contribution < -0.4 is 15.7 Å². The number of aliphatic carboxylic acids is 1. The van der Waals surface area contributed by atoms with Crippen LogP contribution in [-0.2, 0) is 16.0 Å². The van der Waals surface area contributed by atoms with Gasteiger partial charge in [0.15, 0.2) is 6.61 Å². The highest BCUT2D eigenvalue weighted by atomic mass is 16.5. The number of ether oxygens (including phenoxy) is 1. The van der Waals surface area contributed by atoms with Crippen LogP contribution in [0.3, 0.4) is 0 Å². The van der Waals surface area contributed by atoms with Crippen molar-refractivity contribution in [1.29, 1.82) is 0 Å². The summed E-state index contributed by atoms with van der Waals surface area (Å²) in [6.07, 6.45) is 2.66. The molecule has 1 atom stereocenters. The van der Waals surface area contributed by atoms with E-state index in [-0.39, 0.29) is 6.61 Å². The summed E-state index contributed by atoms with van der Waals surface area (Å²) in [7, 11) is 0. The first-order chi connectivity index (χ1) is 12.4. The number of benzene rings is 1. The van der Waals surface area contributed by atoms with E-state index in [9.17, 15) is 14.4 Å². The van der Waals surface area contributed by atoms with Gasteiger partial charge in [-0.1, -0.05) is 26.7 Å². The van der Waals surface area contributed by atoms with Crippen molar-refractivity contribution < 1.29 is 23.8 Å². The fourth-order valence-electron chi connectivity index (χ4n) is 2.71. The molecule has 0 saturated carbocycles. The maximum atomic E-state index is 11.9. The molecular formula is C19H23NO6. The van der Waals surface area contributed by atoms with E-state index in [2.05, 4.69) is 5.32 Å². The number of carboxylic acids is 1. The molecule has 7 heteroatoms. The van der Waals surface area contributed by atoms with Gasteiger partial charge in [-0.2, -0.15) is 0 Å². The van der Waals surface area contributed by atoms with E-state index in [0.717, 1.165) is 23.8 Å². The normalized spacial score (nSPS) is 11.9. The third-order valence-corrected chi connectivity index (χ3v) is 3.90. The van der Waals surface area contributed by atoms with Crippen LogP contribution in [0.2, 0.25) is 0 Å². The van der Waals surface area contributed by atoms with Crippen LogP contribution in [0.4, 0.5) is 0 Å². The van der Waals surface area contributed by atoms with Gasteiger partial charge in [-0.3, -0.25) is 4.79 Å². The second-order valence-corrected chi connectivity index (χ2v) is 6.03. The van der Waals surface area contributed by atoms with Crippen molar-refractivity contribution in [3.8, 4) is 5.75 Å². The number of carboxylic acid groups (broad SMARTS) is 1. The molecule has 2 rings (SSSR count). The lowest BCUT2D eigenvalue weighted by molar-refractivity contribution is -0.142. The highest BCUT2D eigenvalue weighted by molar-refractivity contribution is 5.85. The van der Waals surface area contributed by atoms with Crippen molar-refractivity contribution in [3.63, 3.8) is 0 Å². The van der Waals surface area contributed by atoms with Gasteiger partial charge in [0.1, 0.15) is 17.4 Å². The second kappa shape index (κ2) is 9.03. The lowest BCUT2D eigenvalue weighted by Gasteiger charge is -2.14. The average Bonchev–Trinajstić information content (AvgIpc) is 2.59. The Morgan fingerprint density at radius 1 is 1.23 bits per heavy atom. The Labute approximate surface area is 151 Å². The number of nitrogens with one attached hydrogen (secondary N) is 1. The minimum absolute atomic E-state index is 0.322. The van der Waals surface area contributed by atoms with Crippen LogP contribution in [0.5, 0.6) is 5.75 Å². The lowest BCUT2D eigenvalue weighted by atomic mass is 10.1. The van der Waals surface area contributed by atoms with Crippen LogP contribution >= 0.6 is 0 Å². The molecule has 1 amide bonds. The maximum Gasteiger partial charge on any atom is 0.336 e. The quantitative estimate of drug-likeness (QED) is 0.665. The summed E-state index contributed by atoms with van der Waals surface area (Å²) in [6, 6.07) is 5.59. The summed E-state index contributed by atoms with van der Waals surface area (Å²) >= 11 is 0. The molecule has 2 aromatic rings. The first kappa shape index (κ1) is 19.5. The van der Waals surface area contributed by atoms with Crippen molar-refractivity contribution in [2.45, 2.75) is 45.6 Å². The van der Waals surface area contributed by atoms with E-state index >= 15 is 0 Å². The fourth-order valence-corrected chi connectivity index (χ4v) is 2.71. The van der Waals surface area contributed by atoms with E-state index in [1.54, 1.807) is 18.2 Å². The van der Waals surface area contributed by atoms with Gasteiger partial charge in [0, 0.05) is 17.5 Å². The molecule has 0 bridgehead atoms. The highest BCUT2D eigenvalue weighted by Crippen LogP contribution is 2.23. The fraction of sp³-hybridized carbons (Fsp3) is 0.421. The molecular weight excluding hydrogens is 338 g/mol. The van der Waals surface area contributed by atoms with Gasteiger partial charge in [-0.15, -0.1) is 0 Å². The number of hydrogen-bond acceptors (Lipinski definition) is 5. The van der Waals surface area contributed by atoms with Crippen molar-refractivity contribution in [2.24, 2.45) is 0 Å². The number of rotatable bonds is 9. The molecule has 1 heterocycles. The molecule has 0 aliphatic carbocycles. The Kier molecular flexibility index (Phi) is 6.77. The Balaban J connectivity index is 2.08. The SMILES string of the molecule is CCCc1cc(=O)oc2cc(OCC(=O)NC(CCC)C(=O)O)ccc12. The summed E-state index contributed by atoms with van der Waals surface area (Å²) in [5, 5.41) is 12.3. The number of amides is 1. The zero-order valence-corrected chi connectivity index (χ0v) is 14.9. The molecule has 7 nitrogen and oxygen atoms in total. The topological polar surface area (TPSA) is 106 Å². The maximum absolute atomic E-state index is 11.9. The molecule has 26 heavy (non-hydrogen) atoms. The van der Waals surface area contributed by atoms with Crippen LogP contribution in [0.15, 0.2) is 33.5 Å². The van der Waals surface area contributed by atoms with Crippen LogP contribution in [0.25, 0.3) is 11.0 Å². The minimum Gasteiger partial charge on any atom is -0.484 e. The van der Waals surface area contributed by atoms with Crippen molar-refractivity contribution in [2.75, 3.05) is 6.61 Å². The van der Waals surface area contributed by atoms with Gasteiger partial charge >= 0.3 is 11.6 Å². The zero-order valence-electron chi connectivity index (χ0n) is 14.9. The first-order valence-electron chi connectivity index (χ1n) is 8.66. The summed E-state index contributed by atoms with van der Waals surface area (Å²) in [5.41, 5.74) is 0.875. The third-order valence-electron chi connectivity index (χ3n) is 3.90. The van der Waals surface area contributed by atoms with E-state index in [1.807, 2.05) is 13.8 Å². The van der Waals surface area contributed by atoms with Crippen LogP contribution in [0, 0.1) is 0 Å². The van der Waals surface area contributed by atoms with Gasteiger partial charge in [0.05, 0.1) is 0 Å². The molecule has 0 saturated heterocycles. The van der Waals surface area contributed by atoms with E-state index in [0.29, 0.717) is 24.2 Å². The van der Waals surface area contributed by atoms with Gasteiger partial charge in [0.2, 0.25) is 0 Å². The largest absolute Gasteiger partial charge is 0.484 e. The van der Waals surface area contributed by atoms with Gasteiger partial charge in [-0.05, 0) is 30.5 Å². The predicted octanol–water partition coefficient (Wildman–Crippen LogP) is 2.49. The standard InChI is InChI=1S/C19H23NO6/c1-3-5-12-9-18(22)26-16-10-13(7-8-14(12)16)25-11-17(21)20-15(6-4-2)19(23)24/h7-10,15H,3-6,11H2,1-2H3,(H,20,21)(H,23,24). The van der Waals surface area contributed by atoms with Gasteiger partial charge < -0.3 is 19.6 Å². The molecule has 2 N–H and O–H groups in total. The number of hydrogen-bond donors (Lipinski definition) is 2. The Bertz CT molecular complexity index is 842. The number of fused-ring (bicyclic) bond motifs is 1.